The predicted molar refractivity (Wildman–Crippen MR) is 69.9 cm³/mol. The van der Waals surface area contributed by atoms with Gasteiger partial charge in [-0.15, -0.1) is 0 Å². The lowest BCUT2D eigenvalue weighted by Crippen LogP contribution is -2.23. The zero-order valence-corrected chi connectivity index (χ0v) is 11.2. The molecule has 1 atom stereocenters. The first-order valence-corrected chi connectivity index (χ1v) is 6.15. The lowest BCUT2D eigenvalue weighted by Gasteiger charge is -2.20. The molecule has 0 aliphatic carbocycles. The Morgan fingerprint density at radius 2 is 1.82 bits per heavy atom. The van der Waals surface area contributed by atoms with E-state index in [0.29, 0.717) is 12.3 Å². The van der Waals surface area contributed by atoms with Crippen LogP contribution in [0.2, 0.25) is 0 Å². The van der Waals surface area contributed by atoms with Gasteiger partial charge in [0.05, 0.1) is 0 Å². The Kier molecular flexibility index (Phi) is 4.73. The minimum atomic E-state index is -0.382. The molecule has 0 amide bonds. The SMILES string of the molecule is C[C@H](CCC(=O)OC(C)(C)C)c1ccccc1. The third-order valence-electron chi connectivity index (χ3n) is 2.57. The molecule has 94 valence electrons. The third kappa shape index (κ3) is 5.53. The number of ether oxygens (including phenoxy) is 1. The minimum Gasteiger partial charge on any atom is -0.460 e. The van der Waals surface area contributed by atoms with Crippen LogP contribution in [0.15, 0.2) is 30.3 Å². The van der Waals surface area contributed by atoms with Gasteiger partial charge in [-0.25, -0.2) is 0 Å². The van der Waals surface area contributed by atoms with E-state index in [4.69, 9.17) is 4.74 Å². The van der Waals surface area contributed by atoms with Crippen molar-refractivity contribution in [2.24, 2.45) is 0 Å². The van der Waals surface area contributed by atoms with Gasteiger partial charge in [0, 0.05) is 6.42 Å². The van der Waals surface area contributed by atoms with E-state index >= 15 is 0 Å². The van der Waals surface area contributed by atoms with E-state index in [-0.39, 0.29) is 11.6 Å². The van der Waals surface area contributed by atoms with E-state index in [0.717, 1.165) is 6.42 Å². The zero-order chi connectivity index (χ0) is 12.9. The summed E-state index contributed by atoms with van der Waals surface area (Å²) in [5.41, 5.74) is 0.892. The van der Waals surface area contributed by atoms with Gasteiger partial charge in [0.25, 0.3) is 0 Å². The van der Waals surface area contributed by atoms with Crippen molar-refractivity contribution < 1.29 is 9.53 Å². The number of hydrogen-bond donors (Lipinski definition) is 0. The van der Waals surface area contributed by atoms with Crippen LogP contribution in [0.4, 0.5) is 0 Å². The highest BCUT2D eigenvalue weighted by Crippen LogP contribution is 2.21. The summed E-state index contributed by atoms with van der Waals surface area (Å²) in [5, 5.41) is 0. The largest absolute Gasteiger partial charge is 0.460 e. The molecule has 0 fully saturated rings. The first kappa shape index (κ1) is 13.8. The van der Waals surface area contributed by atoms with Gasteiger partial charge in [0.1, 0.15) is 5.60 Å². The Balaban J connectivity index is 2.39. The molecule has 0 heterocycles. The average Bonchev–Trinajstić information content (AvgIpc) is 2.25. The molecule has 1 aromatic rings. The monoisotopic (exact) mass is 234 g/mol. The summed E-state index contributed by atoms with van der Waals surface area (Å²) in [6.07, 6.45) is 1.31. The van der Waals surface area contributed by atoms with Crippen molar-refractivity contribution in [3.05, 3.63) is 35.9 Å². The van der Waals surface area contributed by atoms with Crippen LogP contribution in [0.5, 0.6) is 0 Å². The van der Waals surface area contributed by atoms with Gasteiger partial charge < -0.3 is 4.74 Å². The molecule has 1 aromatic carbocycles. The lowest BCUT2D eigenvalue weighted by molar-refractivity contribution is -0.155. The Morgan fingerprint density at radius 1 is 1.24 bits per heavy atom. The second-order valence-electron chi connectivity index (χ2n) is 5.44. The van der Waals surface area contributed by atoms with Gasteiger partial charge in [-0.3, -0.25) is 4.79 Å². The van der Waals surface area contributed by atoms with Crippen molar-refractivity contribution >= 4 is 5.97 Å². The lowest BCUT2D eigenvalue weighted by atomic mass is 9.96. The second-order valence-corrected chi connectivity index (χ2v) is 5.44. The van der Waals surface area contributed by atoms with E-state index in [1.807, 2.05) is 39.0 Å². The van der Waals surface area contributed by atoms with Gasteiger partial charge >= 0.3 is 5.97 Å². The molecule has 2 heteroatoms. The number of carbonyl (C=O) groups is 1. The molecular formula is C15H22O2. The van der Waals surface area contributed by atoms with Crippen LogP contribution in [-0.2, 0) is 9.53 Å². The molecule has 0 saturated carbocycles. The maximum absolute atomic E-state index is 11.6. The van der Waals surface area contributed by atoms with Crippen LogP contribution >= 0.6 is 0 Å². The molecule has 0 unspecified atom stereocenters. The highest BCUT2D eigenvalue weighted by molar-refractivity contribution is 5.69. The first-order chi connectivity index (χ1) is 7.88. The van der Waals surface area contributed by atoms with Crippen molar-refractivity contribution in [1.82, 2.24) is 0 Å². The zero-order valence-electron chi connectivity index (χ0n) is 11.2. The average molecular weight is 234 g/mol. The molecule has 17 heavy (non-hydrogen) atoms. The van der Waals surface area contributed by atoms with Crippen LogP contribution in [-0.4, -0.2) is 11.6 Å². The van der Waals surface area contributed by atoms with Gasteiger partial charge in [0.2, 0.25) is 0 Å². The van der Waals surface area contributed by atoms with Crippen molar-refractivity contribution in [2.75, 3.05) is 0 Å². The molecule has 0 aliphatic heterocycles. The number of carbonyl (C=O) groups excluding carboxylic acids is 1. The number of hydrogen-bond acceptors (Lipinski definition) is 2. The van der Waals surface area contributed by atoms with Crippen LogP contribution in [0.1, 0.15) is 52.0 Å². The molecule has 0 aliphatic rings. The third-order valence-corrected chi connectivity index (χ3v) is 2.57. The molecular weight excluding hydrogens is 212 g/mol. The molecule has 1 rings (SSSR count). The summed E-state index contributed by atoms with van der Waals surface area (Å²) < 4.78 is 5.29. The highest BCUT2D eigenvalue weighted by atomic mass is 16.6. The minimum absolute atomic E-state index is 0.111. The van der Waals surface area contributed by atoms with Gasteiger partial charge in [0.15, 0.2) is 0 Å². The van der Waals surface area contributed by atoms with E-state index in [2.05, 4.69) is 19.1 Å². The smallest absolute Gasteiger partial charge is 0.306 e. The first-order valence-electron chi connectivity index (χ1n) is 6.15. The Labute approximate surface area is 104 Å². The van der Waals surface area contributed by atoms with E-state index in [1.54, 1.807) is 0 Å². The fourth-order valence-corrected chi connectivity index (χ4v) is 1.68. The second kappa shape index (κ2) is 5.85. The maximum atomic E-state index is 11.6. The molecule has 0 radical (unpaired) electrons. The molecule has 2 nitrogen and oxygen atoms in total. The van der Waals surface area contributed by atoms with Crippen LogP contribution < -0.4 is 0 Å². The van der Waals surface area contributed by atoms with Crippen molar-refractivity contribution in [3.8, 4) is 0 Å². The summed E-state index contributed by atoms with van der Waals surface area (Å²) in [7, 11) is 0. The summed E-state index contributed by atoms with van der Waals surface area (Å²) in [6.45, 7) is 7.82. The summed E-state index contributed by atoms with van der Waals surface area (Å²) >= 11 is 0. The van der Waals surface area contributed by atoms with Crippen LogP contribution in [0.3, 0.4) is 0 Å². The van der Waals surface area contributed by atoms with E-state index in [9.17, 15) is 4.79 Å². The standard InChI is InChI=1S/C15H22O2/c1-12(13-8-6-5-7-9-13)10-11-14(16)17-15(2,3)4/h5-9,12H,10-11H2,1-4H3/t12-/m1/s1. The number of esters is 1. The van der Waals surface area contributed by atoms with Gasteiger partial charge in [-0.05, 0) is 38.7 Å². The Hall–Kier alpha value is -1.31. The highest BCUT2D eigenvalue weighted by Gasteiger charge is 2.17. The molecule has 0 N–H and O–H groups in total. The van der Waals surface area contributed by atoms with Crippen molar-refractivity contribution in [1.29, 1.82) is 0 Å². The summed E-state index contributed by atoms with van der Waals surface area (Å²) in [5.74, 6) is 0.281. The topological polar surface area (TPSA) is 26.3 Å². The normalized spacial score (nSPS) is 13.2. The molecule has 0 aromatic heterocycles. The quantitative estimate of drug-likeness (QED) is 0.738. The van der Waals surface area contributed by atoms with Gasteiger partial charge in [-0.1, -0.05) is 37.3 Å². The van der Waals surface area contributed by atoms with E-state index < -0.39 is 0 Å². The molecule has 0 spiro atoms. The number of benzene rings is 1. The fourth-order valence-electron chi connectivity index (χ4n) is 1.68. The molecule has 0 bridgehead atoms. The molecule has 0 saturated heterocycles. The predicted octanol–water partition coefficient (Wildman–Crippen LogP) is 3.91. The Bertz CT molecular complexity index is 349. The van der Waals surface area contributed by atoms with Crippen LogP contribution in [0.25, 0.3) is 0 Å². The maximum Gasteiger partial charge on any atom is 0.306 e. The van der Waals surface area contributed by atoms with Crippen LogP contribution in [0, 0.1) is 0 Å². The van der Waals surface area contributed by atoms with E-state index in [1.165, 1.54) is 5.56 Å². The summed E-state index contributed by atoms with van der Waals surface area (Å²) in [6, 6.07) is 10.3. The fraction of sp³-hybridized carbons (Fsp3) is 0.533. The Morgan fingerprint density at radius 3 is 2.35 bits per heavy atom. The van der Waals surface area contributed by atoms with Crippen molar-refractivity contribution in [2.45, 2.75) is 52.1 Å². The summed E-state index contributed by atoms with van der Waals surface area (Å²) in [4.78, 5) is 11.6. The number of rotatable bonds is 4. The van der Waals surface area contributed by atoms with Gasteiger partial charge in [-0.2, -0.15) is 0 Å². The van der Waals surface area contributed by atoms with Crippen molar-refractivity contribution in [3.63, 3.8) is 0 Å².